The van der Waals surface area contributed by atoms with Gasteiger partial charge >= 0.3 is 0 Å². The van der Waals surface area contributed by atoms with E-state index in [1.165, 1.54) is 49.1 Å². The zero-order valence-corrected chi connectivity index (χ0v) is 64.2. The fraction of sp³-hybridized carbons (Fsp3) is 0. The Bertz CT molecular complexity index is 7820. The first-order valence-corrected chi connectivity index (χ1v) is 40.3. The van der Waals surface area contributed by atoms with Gasteiger partial charge in [0, 0.05) is 76.7 Å². The van der Waals surface area contributed by atoms with E-state index in [4.69, 9.17) is 8.83 Å². The SMILES string of the molecule is c1ccc(-c2ccc(-c3cccc(N(c4ccc(-c5cccc(-c6ccccc6-n6c7ccccc7c7ccccc76)c5)cc4)c4cccc5c4oc4ccc(-c6ccc7c(c6)c6ccccc6n7-c6ccccc6-c6cccc(-c7ccc(N(c8cccc9ccccc89)c8cccc9c8oc8ccccc89)cc7)c6)cc45)c3)cc2)cc1. The lowest BCUT2D eigenvalue weighted by atomic mass is 9.97. The lowest BCUT2D eigenvalue weighted by molar-refractivity contribution is 0.669. The molecular weight excluding hydrogens is 1430 g/mol. The van der Waals surface area contributed by atoms with E-state index in [2.05, 4.69) is 450 Å². The van der Waals surface area contributed by atoms with Crippen molar-refractivity contribution >= 4 is 132 Å². The Kier molecular flexibility index (Phi) is 16.2. The fourth-order valence-corrected chi connectivity index (χ4v) is 18.4. The molecule has 0 atom stereocenters. The largest absolute Gasteiger partial charge is 0.454 e. The number of fused-ring (bicyclic) bond motifs is 13. The van der Waals surface area contributed by atoms with Crippen LogP contribution in [-0.2, 0) is 0 Å². The van der Waals surface area contributed by atoms with Crippen LogP contribution in [0.5, 0.6) is 0 Å². The van der Waals surface area contributed by atoms with Crippen LogP contribution >= 0.6 is 0 Å². The van der Waals surface area contributed by atoms with Crippen molar-refractivity contribution < 1.29 is 8.83 Å². The van der Waals surface area contributed by atoms with Gasteiger partial charge in [-0.15, -0.1) is 0 Å². The minimum absolute atomic E-state index is 0.806. The smallest absolute Gasteiger partial charge is 0.159 e. The summed E-state index contributed by atoms with van der Waals surface area (Å²) in [6, 6.07) is 159. The number of hydrogen-bond acceptors (Lipinski definition) is 4. The number of para-hydroxylation sites is 8. The molecule has 0 fully saturated rings. The van der Waals surface area contributed by atoms with Gasteiger partial charge in [0.05, 0.1) is 50.5 Å². The highest BCUT2D eigenvalue weighted by Gasteiger charge is 2.26. The number of hydrogen-bond donors (Lipinski definition) is 0. The second-order valence-corrected chi connectivity index (χ2v) is 30.6. The normalized spacial score (nSPS) is 11.7. The van der Waals surface area contributed by atoms with E-state index in [0.29, 0.717) is 0 Å². The average Bonchev–Trinajstić information content (AvgIpc) is 1.58. The number of anilines is 6. The van der Waals surface area contributed by atoms with Crippen LogP contribution in [0.3, 0.4) is 0 Å². The van der Waals surface area contributed by atoms with E-state index < -0.39 is 0 Å². The summed E-state index contributed by atoms with van der Waals surface area (Å²) < 4.78 is 18.8. The summed E-state index contributed by atoms with van der Waals surface area (Å²) in [6.45, 7) is 0. The molecule has 118 heavy (non-hydrogen) atoms. The van der Waals surface area contributed by atoms with Crippen molar-refractivity contribution in [1.82, 2.24) is 9.13 Å². The molecule has 6 heteroatoms. The third-order valence-electron chi connectivity index (χ3n) is 23.9. The predicted octanol–water partition coefficient (Wildman–Crippen LogP) is 31.4. The lowest BCUT2D eigenvalue weighted by Crippen LogP contribution is -2.10. The monoisotopic (exact) mass is 1500 g/mol. The molecule has 4 aromatic heterocycles. The van der Waals surface area contributed by atoms with E-state index >= 15 is 0 Å². The molecule has 23 rings (SSSR count). The minimum atomic E-state index is 0.806. The molecule has 0 saturated heterocycles. The summed E-state index contributed by atoms with van der Waals surface area (Å²) in [5, 5.41) is 11.4. The highest BCUT2D eigenvalue weighted by atomic mass is 16.3. The first kappa shape index (κ1) is 67.9. The van der Waals surface area contributed by atoms with Crippen LogP contribution < -0.4 is 9.80 Å². The van der Waals surface area contributed by atoms with Crippen molar-refractivity contribution in [2.24, 2.45) is 0 Å². The summed E-state index contributed by atoms with van der Waals surface area (Å²) in [5.74, 6) is 0. The van der Waals surface area contributed by atoms with Crippen LogP contribution in [-0.4, -0.2) is 9.13 Å². The Morgan fingerprint density at radius 2 is 0.534 bits per heavy atom. The zero-order valence-electron chi connectivity index (χ0n) is 64.2. The second-order valence-electron chi connectivity index (χ2n) is 30.6. The van der Waals surface area contributed by atoms with Gasteiger partial charge in [-0.2, -0.15) is 0 Å². The van der Waals surface area contributed by atoms with Crippen molar-refractivity contribution in [1.29, 1.82) is 0 Å². The van der Waals surface area contributed by atoms with E-state index in [1.54, 1.807) is 0 Å². The Labute approximate surface area is 681 Å². The Balaban J connectivity index is 0.586. The molecule has 19 aromatic carbocycles. The second kappa shape index (κ2) is 28.1. The van der Waals surface area contributed by atoms with Gasteiger partial charge in [0.25, 0.3) is 0 Å². The standard InChI is InChI=1S/C112H72N4O2/c1-2-24-73(25-3-1)74-52-54-75(55-53-74)81-30-20-33-88(70-81)113(86-62-56-76(57-63-86)79-28-18-31-84(68-79)90-35-6-12-43-101(90)115-103-45-14-8-37-92(103)93-38-9-15-46-104(93)115)107-49-23-42-97-99-72-83(61-67-110(99)118-112(97)107)82-60-66-106-98(71-82)94-39-10-16-47-105(94)116(106)102-44-13-7-36-91(102)85-32-19-29-80(69-85)77-58-64-87(65-59-77)114(100-48-21-27-78-26-4-5-34-89(78)100)108-50-22-41-96-95-40-11-17-51-109(95)117-111(96)108/h1-72H. The molecule has 0 saturated carbocycles. The molecule has 552 valence electrons. The fourth-order valence-electron chi connectivity index (χ4n) is 18.4. The molecule has 0 aliphatic heterocycles. The number of rotatable bonds is 15. The minimum Gasteiger partial charge on any atom is -0.454 e. The number of aromatic nitrogens is 2. The Morgan fingerprint density at radius 3 is 1.14 bits per heavy atom. The summed E-state index contributed by atoms with van der Waals surface area (Å²) in [6.07, 6.45) is 0. The van der Waals surface area contributed by atoms with Crippen LogP contribution in [0.4, 0.5) is 34.1 Å². The highest BCUT2D eigenvalue weighted by Crippen LogP contribution is 2.49. The van der Waals surface area contributed by atoms with Gasteiger partial charge in [-0.3, -0.25) is 0 Å². The van der Waals surface area contributed by atoms with Crippen LogP contribution in [0, 0.1) is 0 Å². The van der Waals surface area contributed by atoms with Crippen LogP contribution in [0.15, 0.2) is 446 Å². The molecule has 0 bridgehead atoms. The molecule has 6 nitrogen and oxygen atoms in total. The summed E-state index contributed by atoms with van der Waals surface area (Å²) >= 11 is 0. The van der Waals surface area contributed by atoms with Crippen molar-refractivity contribution in [2.45, 2.75) is 0 Å². The van der Waals surface area contributed by atoms with E-state index in [0.717, 1.165) is 173 Å². The summed E-state index contributed by atoms with van der Waals surface area (Å²) in [7, 11) is 0. The number of nitrogens with zero attached hydrogens (tertiary/aromatic N) is 4. The quantitative estimate of drug-likeness (QED) is 0.103. The van der Waals surface area contributed by atoms with Gasteiger partial charge in [0.15, 0.2) is 11.2 Å². The number of benzene rings is 19. The van der Waals surface area contributed by atoms with Crippen LogP contribution in [0.2, 0.25) is 0 Å². The predicted molar refractivity (Wildman–Crippen MR) is 495 cm³/mol. The lowest BCUT2D eigenvalue weighted by Gasteiger charge is -2.27. The van der Waals surface area contributed by atoms with Gasteiger partial charge < -0.3 is 27.8 Å². The van der Waals surface area contributed by atoms with Crippen molar-refractivity contribution in [3.63, 3.8) is 0 Å². The maximum atomic E-state index is 7.18. The third-order valence-corrected chi connectivity index (χ3v) is 23.9. The number of furan rings is 2. The molecule has 23 aromatic rings. The van der Waals surface area contributed by atoms with E-state index in [-0.39, 0.29) is 0 Å². The highest BCUT2D eigenvalue weighted by molar-refractivity contribution is 6.16. The van der Waals surface area contributed by atoms with Gasteiger partial charge in [-0.05, 0) is 200 Å². The molecule has 0 radical (unpaired) electrons. The van der Waals surface area contributed by atoms with Crippen LogP contribution in [0.25, 0.3) is 188 Å². The average molecular weight is 1510 g/mol. The maximum absolute atomic E-state index is 7.18. The van der Waals surface area contributed by atoms with Crippen molar-refractivity contribution in [3.05, 3.63) is 437 Å². The molecular formula is C112H72N4O2. The van der Waals surface area contributed by atoms with Crippen molar-refractivity contribution in [3.8, 4) is 89.3 Å². The Hall–Kier alpha value is -15.8. The third kappa shape index (κ3) is 11.5. The van der Waals surface area contributed by atoms with Gasteiger partial charge in [-0.1, -0.05) is 309 Å². The first-order valence-electron chi connectivity index (χ1n) is 40.3. The molecule has 0 spiro atoms. The van der Waals surface area contributed by atoms with E-state index in [9.17, 15) is 0 Å². The molecule has 0 unspecified atom stereocenters. The summed E-state index contributed by atoms with van der Waals surface area (Å²) in [5.41, 5.74) is 32.2. The molecule has 0 aliphatic carbocycles. The summed E-state index contributed by atoms with van der Waals surface area (Å²) in [4.78, 5) is 4.71. The maximum Gasteiger partial charge on any atom is 0.159 e. The molecule has 0 aliphatic rings. The molecule has 4 heterocycles. The van der Waals surface area contributed by atoms with Gasteiger partial charge in [0.1, 0.15) is 11.2 Å². The Morgan fingerprint density at radius 1 is 0.178 bits per heavy atom. The first-order chi connectivity index (χ1) is 58.5. The van der Waals surface area contributed by atoms with Crippen molar-refractivity contribution in [2.75, 3.05) is 9.80 Å². The zero-order chi connectivity index (χ0) is 77.7. The van der Waals surface area contributed by atoms with E-state index in [1.807, 2.05) is 6.07 Å². The molecule has 0 N–H and O–H groups in total. The van der Waals surface area contributed by atoms with Gasteiger partial charge in [-0.25, -0.2) is 0 Å². The van der Waals surface area contributed by atoms with Gasteiger partial charge in [0.2, 0.25) is 0 Å². The molecule has 0 amide bonds. The topological polar surface area (TPSA) is 42.6 Å². The van der Waals surface area contributed by atoms with Crippen LogP contribution in [0.1, 0.15) is 0 Å².